The summed E-state index contributed by atoms with van der Waals surface area (Å²) in [7, 11) is 1.31. The van der Waals surface area contributed by atoms with Gasteiger partial charge in [-0.25, -0.2) is 0 Å². The summed E-state index contributed by atoms with van der Waals surface area (Å²) in [5, 5.41) is 0. The molecule has 0 nitrogen and oxygen atoms in total. The maximum Gasteiger partial charge on any atom is 0.151 e. The third-order valence-electron chi connectivity index (χ3n) is 3.66. The predicted molar refractivity (Wildman–Crippen MR) is 78.5 cm³/mol. The fraction of sp³-hybridized carbons (Fsp3) is 0.867. The minimum atomic E-state index is 1.00. The molecule has 0 heterocycles. The lowest BCUT2D eigenvalue weighted by Crippen LogP contribution is -2.01. The van der Waals surface area contributed by atoms with Crippen LogP contribution in [0.15, 0.2) is 11.0 Å². The van der Waals surface area contributed by atoms with Gasteiger partial charge in [0.05, 0.1) is 0 Å². The Morgan fingerprint density at radius 2 is 1.50 bits per heavy atom. The maximum atomic E-state index is 2.32. The van der Waals surface area contributed by atoms with Crippen molar-refractivity contribution in [1.82, 2.24) is 0 Å². The highest BCUT2D eigenvalue weighted by atomic mass is 14.1. The summed E-state index contributed by atoms with van der Waals surface area (Å²) in [5.74, 6) is 1.00. The van der Waals surface area contributed by atoms with Gasteiger partial charge in [-0.15, -0.1) is 5.47 Å². The molecule has 0 aliphatic carbocycles. The van der Waals surface area contributed by atoms with Gasteiger partial charge in [-0.05, 0) is 19.8 Å². The molecule has 0 rings (SSSR count). The monoisotopic (exact) mass is 222 g/mol. The SMILES string of the molecule is CCCC(CCC)CCCBC(C)=C(C)C. The Bertz CT molecular complexity index is 184. The van der Waals surface area contributed by atoms with Crippen LogP contribution in [0.1, 0.15) is 73.1 Å². The minimum absolute atomic E-state index is 1.00. The maximum absolute atomic E-state index is 2.32. The molecule has 0 bridgehead atoms. The number of allylic oxidation sites excluding steroid dienone is 2. The van der Waals surface area contributed by atoms with Crippen molar-refractivity contribution in [2.24, 2.45) is 5.92 Å². The van der Waals surface area contributed by atoms with Crippen molar-refractivity contribution in [3.63, 3.8) is 0 Å². The van der Waals surface area contributed by atoms with Gasteiger partial charge in [-0.1, -0.05) is 71.2 Å². The van der Waals surface area contributed by atoms with Crippen molar-refractivity contribution in [3.8, 4) is 0 Å². The zero-order chi connectivity index (χ0) is 12.4. The van der Waals surface area contributed by atoms with Crippen LogP contribution in [0.25, 0.3) is 0 Å². The fourth-order valence-electron chi connectivity index (χ4n) is 2.32. The third-order valence-corrected chi connectivity index (χ3v) is 3.66. The molecule has 0 radical (unpaired) electrons. The molecule has 0 aliphatic heterocycles. The first-order valence-electron chi connectivity index (χ1n) is 7.24. The number of hydrogen-bond acceptors (Lipinski definition) is 0. The van der Waals surface area contributed by atoms with Crippen LogP contribution in [0.2, 0.25) is 6.32 Å². The van der Waals surface area contributed by atoms with Gasteiger partial charge in [0.15, 0.2) is 7.28 Å². The summed E-state index contributed by atoms with van der Waals surface area (Å²) in [6.45, 7) is 11.4. The summed E-state index contributed by atoms with van der Waals surface area (Å²) in [4.78, 5) is 0. The van der Waals surface area contributed by atoms with Crippen LogP contribution >= 0.6 is 0 Å². The van der Waals surface area contributed by atoms with Gasteiger partial charge in [-0.2, -0.15) is 0 Å². The van der Waals surface area contributed by atoms with E-state index in [2.05, 4.69) is 34.6 Å². The highest BCUT2D eigenvalue weighted by Crippen LogP contribution is 2.20. The summed E-state index contributed by atoms with van der Waals surface area (Å²) < 4.78 is 0. The van der Waals surface area contributed by atoms with Gasteiger partial charge in [0.25, 0.3) is 0 Å². The molecule has 0 aliphatic rings. The van der Waals surface area contributed by atoms with E-state index >= 15 is 0 Å². The Labute approximate surface area is 104 Å². The highest BCUT2D eigenvalue weighted by molar-refractivity contribution is 6.45. The Morgan fingerprint density at radius 3 is 1.94 bits per heavy atom. The fourth-order valence-corrected chi connectivity index (χ4v) is 2.32. The van der Waals surface area contributed by atoms with Gasteiger partial charge < -0.3 is 0 Å². The third kappa shape index (κ3) is 8.02. The molecule has 0 amide bonds. The van der Waals surface area contributed by atoms with Crippen molar-refractivity contribution >= 4 is 7.28 Å². The van der Waals surface area contributed by atoms with E-state index in [4.69, 9.17) is 0 Å². The van der Waals surface area contributed by atoms with E-state index in [-0.39, 0.29) is 0 Å². The Hall–Kier alpha value is -0.195. The standard InChI is InChI=1S/C15H31B/c1-6-9-15(10-7-2)11-8-12-16-14(5)13(3)4/h15-16H,6-12H2,1-5H3. The first-order valence-corrected chi connectivity index (χ1v) is 7.24. The summed E-state index contributed by atoms with van der Waals surface area (Å²) in [5.41, 5.74) is 3.11. The van der Waals surface area contributed by atoms with Crippen molar-refractivity contribution in [1.29, 1.82) is 0 Å². The molecular weight excluding hydrogens is 191 g/mol. The van der Waals surface area contributed by atoms with Crippen LogP contribution < -0.4 is 0 Å². The zero-order valence-electron chi connectivity index (χ0n) is 12.2. The molecular formula is C15H31B. The van der Waals surface area contributed by atoms with Crippen LogP contribution in [0, 0.1) is 5.92 Å². The smallest absolute Gasteiger partial charge is 0.110 e. The lowest BCUT2D eigenvalue weighted by atomic mass is 9.64. The number of rotatable bonds is 9. The van der Waals surface area contributed by atoms with E-state index in [1.807, 2.05) is 0 Å². The normalized spacial score (nSPS) is 10.6. The zero-order valence-corrected chi connectivity index (χ0v) is 12.2. The lowest BCUT2D eigenvalue weighted by molar-refractivity contribution is 0.407. The summed E-state index contributed by atoms with van der Waals surface area (Å²) in [6, 6.07) is 0. The summed E-state index contributed by atoms with van der Waals surface area (Å²) in [6.07, 6.45) is 9.87. The van der Waals surface area contributed by atoms with E-state index in [1.165, 1.54) is 57.7 Å². The molecule has 0 aromatic heterocycles. The number of hydrogen-bond donors (Lipinski definition) is 0. The van der Waals surface area contributed by atoms with E-state index in [1.54, 1.807) is 5.47 Å². The molecule has 0 spiro atoms. The Morgan fingerprint density at radius 1 is 0.938 bits per heavy atom. The van der Waals surface area contributed by atoms with Crippen molar-refractivity contribution in [2.45, 2.75) is 79.5 Å². The largest absolute Gasteiger partial charge is 0.151 e. The van der Waals surface area contributed by atoms with Crippen LogP contribution in [0.3, 0.4) is 0 Å². The molecule has 0 saturated heterocycles. The van der Waals surface area contributed by atoms with Crippen molar-refractivity contribution in [2.75, 3.05) is 0 Å². The average Bonchev–Trinajstić information content (AvgIpc) is 2.24. The molecule has 0 N–H and O–H groups in total. The Balaban J connectivity index is 3.65. The second-order valence-corrected chi connectivity index (χ2v) is 5.47. The van der Waals surface area contributed by atoms with Gasteiger partial charge in [0, 0.05) is 0 Å². The topological polar surface area (TPSA) is 0 Å². The van der Waals surface area contributed by atoms with E-state index in [9.17, 15) is 0 Å². The molecule has 16 heavy (non-hydrogen) atoms. The highest BCUT2D eigenvalue weighted by Gasteiger charge is 2.06. The molecule has 0 fully saturated rings. The molecule has 1 heteroatoms. The van der Waals surface area contributed by atoms with E-state index in [0.29, 0.717) is 0 Å². The molecule has 0 aromatic rings. The Kier molecular flexibility index (Phi) is 9.87. The average molecular weight is 222 g/mol. The minimum Gasteiger partial charge on any atom is -0.110 e. The van der Waals surface area contributed by atoms with Crippen LogP contribution in [0.4, 0.5) is 0 Å². The van der Waals surface area contributed by atoms with Crippen LogP contribution in [-0.2, 0) is 0 Å². The second-order valence-electron chi connectivity index (χ2n) is 5.47. The van der Waals surface area contributed by atoms with E-state index < -0.39 is 0 Å². The first-order chi connectivity index (χ1) is 7.61. The summed E-state index contributed by atoms with van der Waals surface area (Å²) >= 11 is 0. The lowest BCUT2D eigenvalue weighted by Gasteiger charge is -2.14. The van der Waals surface area contributed by atoms with Crippen LogP contribution in [0.5, 0.6) is 0 Å². The van der Waals surface area contributed by atoms with Gasteiger partial charge in [0.2, 0.25) is 0 Å². The van der Waals surface area contributed by atoms with Crippen LogP contribution in [-0.4, -0.2) is 7.28 Å². The first kappa shape index (κ1) is 15.8. The molecule has 94 valence electrons. The second kappa shape index (κ2) is 9.99. The van der Waals surface area contributed by atoms with E-state index in [0.717, 1.165) is 5.92 Å². The molecule has 0 atom stereocenters. The van der Waals surface area contributed by atoms with Gasteiger partial charge >= 0.3 is 0 Å². The predicted octanol–water partition coefficient (Wildman–Crippen LogP) is 5.15. The van der Waals surface area contributed by atoms with Crippen molar-refractivity contribution in [3.05, 3.63) is 11.0 Å². The van der Waals surface area contributed by atoms with Gasteiger partial charge in [0.1, 0.15) is 0 Å². The molecule has 0 unspecified atom stereocenters. The molecule has 0 saturated carbocycles. The molecule has 0 aromatic carbocycles. The van der Waals surface area contributed by atoms with Crippen molar-refractivity contribution < 1.29 is 0 Å². The quantitative estimate of drug-likeness (QED) is 0.373. The van der Waals surface area contributed by atoms with Gasteiger partial charge in [-0.3, -0.25) is 0 Å².